The number of rotatable bonds is 9. The predicted molar refractivity (Wildman–Crippen MR) is 80.3 cm³/mol. The van der Waals surface area contributed by atoms with Gasteiger partial charge in [-0.1, -0.05) is 51.2 Å². The van der Waals surface area contributed by atoms with Crippen molar-refractivity contribution in [3.63, 3.8) is 0 Å². The highest BCUT2D eigenvalue weighted by atomic mass is 32.2. The van der Waals surface area contributed by atoms with Gasteiger partial charge in [0.05, 0.1) is 0 Å². The Hall–Kier alpha value is -1.27. The Labute approximate surface area is 125 Å². The van der Waals surface area contributed by atoms with Crippen LogP contribution in [0.4, 0.5) is 0 Å². The number of ketones is 2. The molecule has 1 atom stereocenters. The monoisotopic (exact) mass is 314 g/mol. The molecule has 0 spiro atoms. The molecular weight excluding hydrogens is 292 g/mol. The average Bonchev–Trinajstić information content (AvgIpc) is 2.41. The predicted octanol–water partition coefficient (Wildman–Crippen LogP) is 2.83. The van der Waals surface area contributed by atoms with E-state index in [-0.39, 0.29) is 12.2 Å². The van der Waals surface area contributed by atoms with E-state index in [1.54, 1.807) is 0 Å². The van der Waals surface area contributed by atoms with Crippen LogP contribution >= 0.6 is 0 Å². The van der Waals surface area contributed by atoms with Crippen LogP contribution in [0.25, 0.3) is 0 Å². The third-order valence-electron chi connectivity index (χ3n) is 3.48. The third-order valence-corrected chi connectivity index (χ3v) is 4.37. The molecule has 0 aromatic heterocycles. The minimum Gasteiger partial charge on any atom is -0.299 e. The molecule has 6 heteroatoms. The molecule has 0 bridgehead atoms. The van der Waals surface area contributed by atoms with Crippen molar-refractivity contribution < 1.29 is 22.6 Å². The van der Waals surface area contributed by atoms with E-state index in [9.17, 15) is 18.0 Å². The van der Waals surface area contributed by atoms with Crippen LogP contribution in [0.15, 0.2) is 23.1 Å². The quantitative estimate of drug-likeness (QED) is 0.401. The highest BCUT2D eigenvalue weighted by Gasteiger charge is 2.33. The standard InChI is InChI=1S/C15H22O5S/c1-2-3-4-5-6-7-10-13(16)12-9-8-11-14(15(12)17)21(18,19)20/h8-9,11-12H,2-7,10H2,1H3,(H,18,19,20). The van der Waals surface area contributed by atoms with Crippen molar-refractivity contribution in [2.75, 3.05) is 0 Å². The third kappa shape index (κ3) is 5.55. The van der Waals surface area contributed by atoms with Gasteiger partial charge in [-0.05, 0) is 12.5 Å². The van der Waals surface area contributed by atoms with E-state index in [0.29, 0.717) is 6.42 Å². The summed E-state index contributed by atoms with van der Waals surface area (Å²) in [6, 6.07) is 0. The lowest BCUT2D eigenvalue weighted by atomic mass is 9.91. The Morgan fingerprint density at radius 1 is 1.19 bits per heavy atom. The van der Waals surface area contributed by atoms with Gasteiger partial charge in [0.15, 0.2) is 5.78 Å². The molecule has 5 nitrogen and oxygen atoms in total. The zero-order valence-corrected chi connectivity index (χ0v) is 13.1. The maximum absolute atomic E-state index is 12.0. The first kappa shape index (κ1) is 17.8. The summed E-state index contributed by atoms with van der Waals surface area (Å²) in [5.74, 6) is -2.21. The van der Waals surface area contributed by atoms with Gasteiger partial charge in [0.1, 0.15) is 16.6 Å². The summed E-state index contributed by atoms with van der Waals surface area (Å²) in [6.45, 7) is 2.13. The Kier molecular flexibility index (Phi) is 6.98. The molecule has 0 aromatic rings. The van der Waals surface area contributed by atoms with E-state index < -0.39 is 26.7 Å². The largest absolute Gasteiger partial charge is 0.299 e. The summed E-state index contributed by atoms with van der Waals surface area (Å²) in [4.78, 5) is 23.2. The molecule has 0 radical (unpaired) electrons. The van der Waals surface area contributed by atoms with Crippen LogP contribution in [0.1, 0.15) is 51.9 Å². The SMILES string of the molecule is CCCCCCCCC(=O)C1C=CC=C(S(=O)(=O)O)C1=O. The van der Waals surface area contributed by atoms with E-state index in [1.165, 1.54) is 18.6 Å². The number of allylic oxidation sites excluding steroid dienone is 4. The second-order valence-corrected chi connectivity index (χ2v) is 6.61. The van der Waals surface area contributed by atoms with Crippen molar-refractivity contribution in [2.45, 2.75) is 51.9 Å². The van der Waals surface area contributed by atoms with Gasteiger partial charge >= 0.3 is 0 Å². The molecular formula is C15H22O5S. The highest BCUT2D eigenvalue weighted by molar-refractivity contribution is 7.90. The normalized spacial score (nSPS) is 18.7. The Morgan fingerprint density at radius 2 is 1.81 bits per heavy atom. The van der Waals surface area contributed by atoms with Crippen LogP contribution < -0.4 is 0 Å². The number of carbonyl (C=O) groups excluding carboxylic acids is 2. The molecule has 1 N–H and O–H groups in total. The summed E-state index contributed by atoms with van der Waals surface area (Å²) < 4.78 is 31.0. The molecule has 1 rings (SSSR count). The Morgan fingerprint density at radius 3 is 2.43 bits per heavy atom. The van der Waals surface area contributed by atoms with Crippen LogP contribution in [0.5, 0.6) is 0 Å². The van der Waals surface area contributed by atoms with Crippen LogP contribution in [0.3, 0.4) is 0 Å². The van der Waals surface area contributed by atoms with Crippen molar-refractivity contribution in [1.82, 2.24) is 0 Å². The minimum absolute atomic E-state index is 0.256. The lowest BCUT2D eigenvalue weighted by molar-refractivity contribution is -0.128. The summed E-state index contributed by atoms with van der Waals surface area (Å²) in [5, 5.41) is 0. The first-order chi connectivity index (χ1) is 9.88. The fourth-order valence-corrected chi connectivity index (χ4v) is 2.91. The van der Waals surface area contributed by atoms with Crippen LogP contribution in [0.2, 0.25) is 0 Å². The summed E-state index contributed by atoms with van der Waals surface area (Å²) in [7, 11) is -4.57. The lowest BCUT2D eigenvalue weighted by Gasteiger charge is -2.14. The molecule has 0 saturated heterocycles. The Bertz CT molecular complexity index is 542. The minimum atomic E-state index is -4.57. The molecule has 0 fully saturated rings. The maximum Gasteiger partial charge on any atom is 0.298 e. The molecule has 1 unspecified atom stereocenters. The lowest BCUT2D eigenvalue weighted by Crippen LogP contribution is -2.28. The van der Waals surface area contributed by atoms with Gasteiger partial charge in [0.2, 0.25) is 0 Å². The van der Waals surface area contributed by atoms with E-state index in [0.717, 1.165) is 31.8 Å². The molecule has 0 aliphatic heterocycles. The second-order valence-electron chi connectivity index (χ2n) is 5.22. The number of carbonyl (C=O) groups is 2. The number of hydrogen-bond donors (Lipinski definition) is 1. The van der Waals surface area contributed by atoms with Gasteiger partial charge in [-0.3, -0.25) is 14.1 Å². The van der Waals surface area contributed by atoms with Gasteiger partial charge in [-0.15, -0.1) is 0 Å². The molecule has 0 heterocycles. The van der Waals surface area contributed by atoms with Crippen molar-refractivity contribution in [1.29, 1.82) is 0 Å². The van der Waals surface area contributed by atoms with Crippen LogP contribution in [0, 0.1) is 5.92 Å². The zero-order valence-electron chi connectivity index (χ0n) is 12.2. The molecule has 0 saturated carbocycles. The first-order valence-electron chi connectivity index (χ1n) is 7.30. The van der Waals surface area contributed by atoms with Gasteiger partial charge in [-0.2, -0.15) is 8.42 Å². The first-order valence-corrected chi connectivity index (χ1v) is 8.75. The van der Waals surface area contributed by atoms with Gasteiger partial charge in [0, 0.05) is 6.42 Å². The van der Waals surface area contributed by atoms with Gasteiger partial charge in [0.25, 0.3) is 10.1 Å². The maximum atomic E-state index is 12.0. The molecule has 1 aliphatic carbocycles. The highest BCUT2D eigenvalue weighted by Crippen LogP contribution is 2.21. The van der Waals surface area contributed by atoms with E-state index in [2.05, 4.69) is 6.92 Å². The van der Waals surface area contributed by atoms with E-state index >= 15 is 0 Å². The summed E-state index contributed by atoms with van der Waals surface area (Å²) in [5.41, 5.74) is 0. The fourth-order valence-electron chi connectivity index (χ4n) is 2.28. The van der Waals surface area contributed by atoms with Crippen molar-refractivity contribution in [2.24, 2.45) is 5.92 Å². The van der Waals surface area contributed by atoms with Crippen molar-refractivity contribution in [3.05, 3.63) is 23.1 Å². The molecule has 1 aliphatic rings. The number of unbranched alkanes of at least 4 members (excludes halogenated alkanes) is 5. The zero-order chi connectivity index (χ0) is 15.9. The van der Waals surface area contributed by atoms with Crippen molar-refractivity contribution >= 4 is 21.7 Å². The topological polar surface area (TPSA) is 88.5 Å². The fraction of sp³-hybridized carbons (Fsp3) is 0.600. The van der Waals surface area contributed by atoms with E-state index in [4.69, 9.17) is 4.55 Å². The van der Waals surface area contributed by atoms with Crippen LogP contribution in [-0.4, -0.2) is 24.5 Å². The van der Waals surface area contributed by atoms with Gasteiger partial charge < -0.3 is 0 Å². The van der Waals surface area contributed by atoms with Crippen LogP contribution in [-0.2, 0) is 19.7 Å². The molecule has 0 amide bonds. The number of hydrogen-bond acceptors (Lipinski definition) is 4. The summed E-state index contributed by atoms with van der Waals surface area (Å²) >= 11 is 0. The van der Waals surface area contributed by atoms with Gasteiger partial charge in [-0.25, -0.2) is 0 Å². The summed E-state index contributed by atoms with van der Waals surface area (Å²) in [6.07, 6.45) is 10.2. The smallest absolute Gasteiger partial charge is 0.298 e. The molecule has 21 heavy (non-hydrogen) atoms. The second kappa shape index (κ2) is 8.24. The van der Waals surface area contributed by atoms with E-state index in [1.807, 2.05) is 0 Å². The molecule has 118 valence electrons. The average molecular weight is 314 g/mol. The Balaban J connectivity index is 2.48. The molecule has 0 aromatic carbocycles. The number of Topliss-reactive ketones (excluding diaryl/α,β-unsaturated/α-hetero) is 2. The van der Waals surface area contributed by atoms with Crippen molar-refractivity contribution in [3.8, 4) is 0 Å².